The van der Waals surface area contributed by atoms with Crippen LogP contribution in [0.3, 0.4) is 0 Å². The molecule has 0 atom stereocenters. The zero-order valence-electron chi connectivity index (χ0n) is 9.60. The average molecular weight is 245 g/mol. The highest BCUT2D eigenvalue weighted by Crippen LogP contribution is 2.23. The predicted octanol–water partition coefficient (Wildman–Crippen LogP) is 2.78. The van der Waals surface area contributed by atoms with Crippen LogP contribution >= 0.6 is 11.8 Å². The van der Waals surface area contributed by atoms with Crippen LogP contribution in [0.15, 0.2) is 22.7 Å². The van der Waals surface area contributed by atoms with Gasteiger partial charge >= 0.3 is 0 Å². The van der Waals surface area contributed by atoms with Gasteiger partial charge in [0.1, 0.15) is 0 Å². The first-order valence-corrected chi connectivity index (χ1v) is 6.46. The number of hydrogen-bond donors (Lipinski definition) is 0. The highest BCUT2D eigenvalue weighted by atomic mass is 32.2. The van der Waals surface area contributed by atoms with Gasteiger partial charge in [0.15, 0.2) is 5.82 Å². The van der Waals surface area contributed by atoms with Gasteiger partial charge in [-0.1, -0.05) is 5.16 Å². The highest BCUT2D eigenvalue weighted by Gasteiger charge is 2.11. The summed E-state index contributed by atoms with van der Waals surface area (Å²) in [4.78, 5) is 4.31. The summed E-state index contributed by atoms with van der Waals surface area (Å²) in [5.41, 5.74) is 2.47. The molecule has 86 valence electrons. The van der Waals surface area contributed by atoms with Crippen LogP contribution in [0.1, 0.15) is 17.0 Å². The van der Waals surface area contributed by atoms with Gasteiger partial charge in [-0.2, -0.15) is 22.0 Å². The van der Waals surface area contributed by atoms with Crippen molar-refractivity contribution in [2.75, 3.05) is 6.26 Å². The van der Waals surface area contributed by atoms with Crippen LogP contribution in [0.4, 0.5) is 0 Å². The van der Waals surface area contributed by atoms with Crippen molar-refractivity contribution in [2.24, 2.45) is 0 Å². The van der Waals surface area contributed by atoms with Gasteiger partial charge in [-0.25, -0.2) is 0 Å². The van der Waals surface area contributed by atoms with Crippen molar-refractivity contribution in [1.29, 1.82) is 5.26 Å². The van der Waals surface area contributed by atoms with Crippen LogP contribution in [-0.2, 0) is 5.75 Å². The fourth-order valence-corrected chi connectivity index (χ4v) is 1.90. The molecule has 17 heavy (non-hydrogen) atoms. The summed E-state index contributed by atoms with van der Waals surface area (Å²) < 4.78 is 5.20. The molecule has 0 radical (unpaired) electrons. The van der Waals surface area contributed by atoms with Gasteiger partial charge < -0.3 is 4.52 Å². The van der Waals surface area contributed by atoms with E-state index in [1.165, 1.54) is 0 Å². The van der Waals surface area contributed by atoms with Crippen molar-refractivity contribution in [2.45, 2.75) is 12.7 Å². The summed E-state index contributed by atoms with van der Waals surface area (Å²) in [6, 6.07) is 7.50. The van der Waals surface area contributed by atoms with Gasteiger partial charge in [-0.15, -0.1) is 0 Å². The molecular weight excluding hydrogens is 234 g/mol. The second-order valence-corrected chi connectivity index (χ2v) is 4.46. The van der Waals surface area contributed by atoms with Gasteiger partial charge in [0, 0.05) is 5.56 Å². The van der Waals surface area contributed by atoms with Crippen LogP contribution in [0.25, 0.3) is 11.5 Å². The number of nitrogens with zero attached hydrogens (tertiary/aromatic N) is 3. The molecule has 1 aromatic heterocycles. The van der Waals surface area contributed by atoms with E-state index < -0.39 is 0 Å². The first kappa shape index (κ1) is 11.7. The Morgan fingerprint density at radius 1 is 1.47 bits per heavy atom. The second kappa shape index (κ2) is 5.02. The molecule has 0 spiro atoms. The third-order valence-corrected chi connectivity index (χ3v) is 2.87. The summed E-state index contributed by atoms with van der Waals surface area (Å²) in [5, 5.41) is 12.7. The number of nitriles is 1. The van der Waals surface area contributed by atoms with Crippen molar-refractivity contribution in [3.63, 3.8) is 0 Å². The van der Waals surface area contributed by atoms with Crippen LogP contribution in [0.2, 0.25) is 0 Å². The summed E-state index contributed by atoms with van der Waals surface area (Å²) >= 11 is 1.65. The monoisotopic (exact) mass is 245 g/mol. The van der Waals surface area contributed by atoms with Gasteiger partial charge in [0.25, 0.3) is 5.89 Å². The zero-order chi connectivity index (χ0) is 12.3. The summed E-state index contributed by atoms with van der Waals surface area (Å²) in [6.07, 6.45) is 1.99. The SMILES string of the molecule is CSCc1noc(-c2ccc(C#N)cc2C)n1. The Hall–Kier alpha value is -1.80. The summed E-state index contributed by atoms with van der Waals surface area (Å²) in [6.45, 7) is 1.93. The third kappa shape index (κ3) is 2.48. The van der Waals surface area contributed by atoms with E-state index in [0.717, 1.165) is 16.9 Å². The summed E-state index contributed by atoms with van der Waals surface area (Å²) in [7, 11) is 0. The molecule has 0 bridgehead atoms. The van der Waals surface area contributed by atoms with Gasteiger partial charge in [0.2, 0.25) is 0 Å². The quantitative estimate of drug-likeness (QED) is 0.832. The van der Waals surface area contributed by atoms with Crippen LogP contribution in [0, 0.1) is 18.3 Å². The molecule has 1 heterocycles. The first-order valence-electron chi connectivity index (χ1n) is 5.07. The molecule has 0 fully saturated rings. The minimum atomic E-state index is 0.510. The van der Waals surface area contributed by atoms with Crippen LogP contribution in [0.5, 0.6) is 0 Å². The van der Waals surface area contributed by atoms with Gasteiger partial charge in [0.05, 0.1) is 17.4 Å². The van der Waals surface area contributed by atoms with E-state index >= 15 is 0 Å². The van der Waals surface area contributed by atoms with E-state index in [2.05, 4.69) is 16.2 Å². The Morgan fingerprint density at radius 3 is 2.94 bits per heavy atom. The molecule has 0 N–H and O–H groups in total. The van der Waals surface area contributed by atoms with E-state index in [9.17, 15) is 0 Å². The second-order valence-electron chi connectivity index (χ2n) is 3.59. The Kier molecular flexibility index (Phi) is 3.45. The fourth-order valence-electron chi connectivity index (χ4n) is 1.52. The molecule has 0 saturated heterocycles. The average Bonchev–Trinajstić information content (AvgIpc) is 2.78. The lowest BCUT2D eigenvalue weighted by atomic mass is 10.1. The van der Waals surface area contributed by atoms with E-state index in [-0.39, 0.29) is 0 Å². The lowest BCUT2D eigenvalue weighted by molar-refractivity contribution is 0.425. The zero-order valence-corrected chi connectivity index (χ0v) is 10.4. The summed E-state index contributed by atoms with van der Waals surface area (Å²) in [5.74, 6) is 1.94. The van der Waals surface area contributed by atoms with E-state index in [1.54, 1.807) is 17.8 Å². The van der Waals surface area contributed by atoms with E-state index in [1.807, 2.05) is 25.3 Å². The van der Waals surface area contributed by atoms with Gasteiger partial charge in [-0.3, -0.25) is 0 Å². The van der Waals surface area contributed by atoms with Crippen molar-refractivity contribution in [3.05, 3.63) is 35.2 Å². The normalized spacial score (nSPS) is 10.2. The molecular formula is C12H11N3OS. The maximum atomic E-state index is 8.79. The maximum Gasteiger partial charge on any atom is 0.258 e. The van der Waals surface area contributed by atoms with Crippen molar-refractivity contribution >= 4 is 11.8 Å². The maximum absolute atomic E-state index is 8.79. The molecule has 0 aliphatic heterocycles. The molecule has 5 heteroatoms. The molecule has 4 nitrogen and oxygen atoms in total. The molecule has 2 aromatic rings. The molecule has 0 aliphatic carbocycles. The molecule has 1 aromatic carbocycles. The Balaban J connectivity index is 2.36. The molecule has 0 amide bonds. The highest BCUT2D eigenvalue weighted by molar-refractivity contribution is 7.97. The lowest BCUT2D eigenvalue weighted by Crippen LogP contribution is -1.86. The number of aromatic nitrogens is 2. The molecule has 0 aliphatic rings. The third-order valence-electron chi connectivity index (χ3n) is 2.33. The molecule has 0 saturated carbocycles. The number of hydrogen-bond acceptors (Lipinski definition) is 5. The largest absolute Gasteiger partial charge is 0.334 e. The number of rotatable bonds is 3. The Bertz CT molecular complexity index is 571. The standard InChI is InChI=1S/C12H11N3OS/c1-8-5-9(6-13)3-4-10(8)12-14-11(7-17-2)15-16-12/h3-5H,7H2,1-2H3. The van der Waals surface area contributed by atoms with Crippen molar-refractivity contribution in [1.82, 2.24) is 10.1 Å². The van der Waals surface area contributed by atoms with Crippen molar-refractivity contribution < 1.29 is 4.52 Å². The Labute approximate surface area is 104 Å². The smallest absolute Gasteiger partial charge is 0.258 e. The first-order chi connectivity index (χ1) is 8.24. The predicted molar refractivity (Wildman–Crippen MR) is 66.4 cm³/mol. The number of aryl methyl sites for hydroxylation is 1. The van der Waals surface area contributed by atoms with Crippen molar-refractivity contribution in [3.8, 4) is 17.5 Å². The van der Waals surface area contributed by atoms with E-state index in [4.69, 9.17) is 9.78 Å². The molecule has 2 rings (SSSR count). The number of benzene rings is 1. The minimum Gasteiger partial charge on any atom is -0.334 e. The molecule has 0 unspecified atom stereocenters. The minimum absolute atomic E-state index is 0.510. The number of thioether (sulfide) groups is 1. The lowest BCUT2D eigenvalue weighted by Gasteiger charge is -1.99. The van der Waals surface area contributed by atoms with E-state index in [0.29, 0.717) is 17.3 Å². The van der Waals surface area contributed by atoms with Crippen LogP contribution < -0.4 is 0 Å². The fraction of sp³-hybridized carbons (Fsp3) is 0.250. The topological polar surface area (TPSA) is 62.7 Å². The van der Waals surface area contributed by atoms with Crippen LogP contribution in [-0.4, -0.2) is 16.4 Å². The van der Waals surface area contributed by atoms with Gasteiger partial charge in [-0.05, 0) is 36.9 Å². The Morgan fingerprint density at radius 2 is 2.29 bits per heavy atom.